The first kappa shape index (κ1) is 16.7. The number of ketones is 1. The van der Waals surface area contributed by atoms with E-state index in [1.165, 1.54) is 0 Å². The molecule has 0 aliphatic carbocycles. The largest absolute Gasteiger partial charge is 0.497 e. The highest BCUT2D eigenvalue weighted by molar-refractivity contribution is 9.10. The smallest absolute Gasteiger partial charge is 0.224 e. The number of hydrogen-bond acceptors (Lipinski definition) is 3. The van der Waals surface area contributed by atoms with Crippen LogP contribution in [0.25, 0.3) is 0 Å². The summed E-state index contributed by atoms with van der Waals surface area (Å²) in [4.78, 5) is 25.4. The number of alkyl halides is 1. The second kappa shape index (κ2) is 8.04. The molecule has 20 heavy (non-hydrogen) atoms. The highest BCUT2D eigenvalue weighted by Gasteiger charge is 2.22. The molecular formula is C15H20BrNO3. The predicted molar refractivity (Wildman–Crippen MR) is 82.6 cm³/mol. The van der Waals surface area contributed by atoms with Crippen LogP contribution in [-0.4, -0.2) is 41.6 Å². The molecule has 4 nitrogen and oxygen atoms in total. The number of hydrogen-bond donors (Lipinski definition) is 0. The Kier molecular flexibility index (Phi) is 6.71. The zero-order valence-electron chi connectivity index (χ0n) is 12.1. The molecule has 110 valence electrons. The third kappa shape index (κ3) is 4.34. The molecule has 1 unspecified atom stereocenters. The van der Waals surface area contributed by atoms with Gasteiger partial charge < -0.3 is 9.64 Å². The molecular weight excluding hydrogens is 322 g/mol. The van der Waals surface area contributed by atoms with Crippen molar-refractivity contribution in [1.29, 1.82) is 0 Å². The van der Waals surface area contributed by atoms with E-state index in [9.17, 15) is 9.59 Å². The summed E-state index contributed by atoms with van der Waals surface area (Å²) >= 11 is 3.31. The van der Waals surface area contributed by atoms with Crippen molar-refractivity contribution < 1.29 is 14.3 Å². The first-order valence-corrected chi connectivity index (χ1v) is 7.55. The van der Waals surface area contributed by atoms with Gasteiger partial charge in [0.25, 0.3) is 0 Å². The van der Waals surface area contributed by atoms with Gasteiger partial charge in [-0.15, -0.1) is 0 Å². The molecule has 0 saturated carbocycles. The number of nitrogens with zero attached hydrogens (tertiary/aromatic N) is 1. The Hall–Kier alpha value is -1.36. The Morgan fingerprint density at radius 1 is 1.20 bits per heavy atom. The fraction of sp³-hybridized carbons (Fsp3) is 0.467. The summed E-state index contributed by atoms with van der Waals surface area (Å²) in [6.07, 6.45) is 0.173. The van der Waals surface area contributed by atoms with Gasteiger partial charge in [-0.1, -0.05) is 15.9 Å². The molecule has 1 rings (SSSR count). The molecule has 5 heteroatoms. The second-order valence-corrected chi connectivity index (χ2v) is 5.44. The van der Waals surface area contributed by atoms with Gasteiger partial charge in [0.2, 0.25) is 5.91 Å². The van der Waals surface area contributed by atoms with Crippen molar-refractivity contribution in [2.45, 2.75) is 25.1 Å². The van der Waals surface area contributed by atoms with Crippen LogP contribution >= 0.6 is 15.9 Å². The van der Waals surface area contributed by atoms with Crippen molar-refractivity contribution in [2.24, 2.45) is 0 Å². The number of amides is 1. The third-order valence-corrected chi connectivity index (χ3v) is 3.87. The lowest BCUT2D eigenvalue weighted by molar-refractivity contribution is -0.130. The zero-order chi connectivity index (χ0) is 15.1. The molecule has 0 N–H and O–H groups in total. The maximum atomic E-state index is 12.2. The van der Waals surface area contributed by atoms with Crippen molar-refractivity contribution in [3.05, 3.63) is 29.8 Å². The van der Waals surface area contributed by atoms with Crippen LogP contribution in [0.1, 0.15) is 30.6 Å². The second-order valence-electron chi connectivity index (χ2n) is 4.33. The molecule has 0 aliphatic rings. The van der Waals surface area contributed by atoms with E-state index in [0.717, 1.165) is 0 Å². The Morgan fingerprint density at radius 3 is 2.20 bits per heavy atom. The molecule has 1 aromatic rings. The minimum absolute atomic E-state index is 0.0151. The number of carbonyl (C=O) groups is 2. The highest BCUT2D eigenvalue weighted by atomic mass is 79.9. The SMILES string of the molecule is CCN(CC)C(=O)CC(Br)C(=O)c1ccc(OC)cc1. The number of carbonyl (C=O) groups excluding carboxylic acids is 2. The van der Waals surface area contributed by atoms with E-state index < -0.39 is 4.83 Å². The van der Waals surface area contributed by atoms with Gasteiger partial charge in [-0.25, -0.2) is 0 Å². The maximum absolute atomic E-state index is 12.2. The van der Waals surface area contributed by atoms with Crippen LogP contribution in [0.5, 0.6) is 5.75 Å². The molecule has 0 fully saturated rings. The van der Waals surface area contributed by atoms with E-state index in [4.69, 9.17) is 4.74 Å². The van der Waals surface area contributed by atoms with E-state index >= 15 is 0 Å². The molecule has 0 aromatic heterocycles. The Balaban J connectivity index is 2.68. The fourth-order valence-electron chi connectivity index (χ4n) is 1.89. The minimum Gasteiger partial charge on any atom is -0.497 e. The Labute approximate surface area is 128 Å². The van der Waals surface area contributed by atoms with Crippen molar-refractivity contribution in [3.63, 3.8) is 0 Å². The molecule has 0 heterocycles. The van der Waals surface area contributed by atoms with Crippen LogP contribution < -0.4 is 4.74 Å². The van der Waals surface area contributed by atoms with Crippen molar-refractivity contribution in [2.75, 3.05) is 20.2 Å². The van der Waals surface area contributed by atoms with E-state index in [-0.39, 0.29) is 18.1 Å². The number of halogens is 1. The molecule has 1 aromatic carbocycles. The van der Waals surface area contributed by atoms with Crippen LogP contribution in [0.3, 0.4) is 0 Å². The van der Waals surface area contributed by atoms with Gasteiger partial charge in [-0.2, -0.15) is 0 Å². The minimum atomic E-state index is -0.496. The number of benzene rings is 1. The number of methoxy groups -OCH3 is 1. The van der Waals surface area contributed by atoms with Crippen molar-refractivity contribution in [3.8, 4) is 5.75 Å². The maximum Gasteiger partial charge on any atom is 0.224 e. The average Bonchev–Trinajstić information content (AvgIpc) is 2.47. The number of rotatable bonds is 7. The van der Waals surface area contributed by atoms with Crippen LogP contribution in [0.15, 0.2) is 24.3 Å². The summed E-state index contributed by atoms with van der Waals surface area (Å²) in [5, 5.41) is 0. The quantitative estimate of drug-likeness (QED) is 0.565. The highest BCUT2D eigenvalue weighted by Crippen LogP contribution is 2.18. The normalized spacial score (nSPS) is 11.8. The third-order valence-electron chi connectivity index (χ3n) is 3.13. The fourth-order valence-corrected chi connectivity index (χ4v) is 2.43. The number of Topliss-reactive ketones (excluding diaryl/α,β-unsaturated/α-hetero) is 1. The molecule has 0 spiro atoms. The predicted octanol–water partition coefficient (Wildman–Crippen LogP) is 2.90. The summed E-state index contributed by atoms with van der Waals surface area (Å²) in [5.41, 5.74) is 0.569. The molecule has 0 bridgehead atoms. The van der Waals surface area contributed by atoms with Gasteiger partial charge in [0.15, 0.2) is 5.78 Å². The lowest BCUT2D eigenvalue weighted by atomic mass is 10.1. The lowest BCUT2D eigenvalue weighted by Gasteiger charge is -2.20. The molecule has 1 atom stereocenters. The van der Waals surface area contributed by atoms with Crippen LogP contribution in [0, 0.1) is 0 Å². The molecule has 1 amide bonds. The summed E-state index contributed by atoms with van der Waals surface area (Å²) in [5.74, 6) is 0.596. The first-order valence-electron chi connectivity index (χ1n) is 6.63. The van der Waals surface area contributed by atoms with Gasteiger partial charge in [-0.3, -0.25) is 9.59 Å². The molecule has 0 radical (unpaired) electrons. The van der Waals surface area contributed by atoms with Crippen LogP contribution in [0.4, 0.5) is 0 Å². The first-order chi connectivity index (χ1) is 9.53. The molecule has 0 aliphatic heterocycles. The van der Waals surface area contributed by atoms with E-state index in [2.05, 4.69) is 15.9 Å². The molecule has 0 saturated heterocycles. The monoisotopic (exact) mass is 341 g/mol. The zero-order valence-corrected chi connectivity index (χ0v) is 13.6. The lowest BCUT2D eigenvalue weighted by Crippen LogP contribution is -2.33. The van der Waals surface area contributed by atoms with Gasteiger partial charge in [0.1, 0.15) is 5.75 Å². The van der Waals surface area contributed by atoms with E-state index in [1.54, 1.807) is 36.3 Å². The Bertz CT molecular complexity index is 455. The van der Waals surface area contributed by atoms with Crippen molar-refractivity contribution >= 4 is 27.6 Å². The van der Waals surface area contributed by atoms with Crippen LogP contribution in [0.2, 0.25) is 0 Å². The topological polar surface area (TPSA) is 46.6 Å². The number of ether oxygens (including phenoxy) is 1. The standard InChI is InChI=1S/C15H20BrNO3/c1-4-17(5-2)14(18)10-13(16)15(19)11-6-8-12(20-3)9-7-11/h6-9,13H,4-5,10H2,1-3H3. The Morgan fingerprint density at radius 2 is 1.75 bits per heavy atom. The van der Waals surface area contributed by atoms with E-state index in [0.29, 0.717) is 24.4 Å². The van der Waals surface area contributed by atoms with Gasteiger partial charge in [0, 0.05) is 25.1 Å². The van der Waals surface area contributed by atoms with E-state index in [1.807, 2.05) is 13.8 Å². The van der Waals surface area contributed by atoms with Gasteiger partial charge >= 0.3 is 0 Å². The van der Waals surface area contributed by atoms with Gasteiger partial charge in [0.05, 0.1) is 11.9 Å². The summed E-state index contributed by atoms with van der Waals surface area (Å²) < 4.78 is 5.05. The summed E-state index contributed by atoms with van der Waals surface area (Å²) in [6.45, 7) is 5.17. The summed E-state index contributed by atoms with van der Waals surface area (Å²) in [7, 11) is 1.58. The van der Waals surface area contributed by atoms with Crippen molar-refractivity contribution in [1.82, 2.24) is 4.90 Å². The van der Waals surface area contributed by atoms with Crippen LogP contribution in [-0.2, 0) is 4.79 Å². The average molecular weight is 342 g/mol. The summed E-state index contributed by atoms with van der Waals surface area (Å²) in [6, 6.07) is 6.88. The van der Waals surface area contributed by atoms with Gasteiger partial charge in [-0.05, 0) is 38.1 Å².